The molecule has 0 amide bonds. The zero-order chi connectivity index (χ0) is 4.50. The Bertz CT molecular complexity index is 27.2. The van der Waals surface area contributed by atoms with Crippen LogP contribution in [0.4, 0.5) is 0 Å². The van der Waals surface area contributed by atoms with Gasteiger partial charge in [-0.05, 0) is 0 Å². The van der Waals surface area contributed by atoms with E-state index in [1.807, 2.05) is 0 Å². The molecule has 0 aromatic heterocycles. The minimum Gasteiger partial charge on any atom is 0 e. The number of rotatable bonds is 0. The summed E-state index contributed by atoms with van der Waals surface area (Å²) < 4.78 is 0. The van der Waals surface area contributed by atoms with Gasteiger partial charge in [0.25, 0.3) is 0 Å². The molecule has 0 aromatic carbocycles. The fourth-order valence-corrected chi connectivity index (χ4v) is 0. The fourth-order valence-electron chi connectivity index (χ4n) is 0. The van der Waals surface area contributed by atoms with E-state index in [9.17, 15) is 0 Å². The Hall–Kier alpha value is 1.24. The molecule has 0 rings (SSSR count). The van der Waals surface area contributed by atoms with Gasteiger partial charge in [0.05, 0.1) is 0 Å². The Morgan fingerprint density at radius 1 is 0.857 bits per heavy atom. The van der Waals surface area contributed by atoms with Crippen molar-refractivity contribution in [1.82, 2.24) is 0 Å². The maximum Gasteiger partial charge on any atom is 0 e. The van der Waals surface area contributed by atoms with Gasteiger partial charge in [-0.15, -0.1) is 0 Å². The van der Waals surface area contributed by atoms with E-state index in [0.717, 1.165) is 0 Å². The number of hydrogen-bond acceptors (Lipinski definition) is 4. The fraction of sp³-hybridized carbons (Fsp3) is 0. The summed E-state index contributed by atoms with van der Waals surface area (Å²) in [6.45, 7) is 0. The summed E-state index contributed by atoms with van der Waals surface area (Å²) in [6, 6.07) is 0. The van der Waals surface area contributed by atoms with Gasteiger partial charge in [-0.2, -0.15) is 0 Å². The second kappa shape index (κ2) is 5.38. The average Bonchev–Trinajstić information content (AvgIpc) is 0.722. The zero-order valence-electron chi connectivity index (χ0n) is 3.70. The van der Waals surface area contributed by atoms with Gasteiger partial charge < -0.3 is 19.2 Å². The molecule has 4 N–H and O–H groups in total. The van der Waals surface area contributed by atoms with Gasteiger partial charge in [-0.25, -0.2) is 0 Å². The summed E-state index contributed by atoms with van der Waals surface area (Å²) in [6.07, 6.45) is 0. The molecule has 0 saturated heterocycles. The molecule has 1 unspecified atom stereocenters. The van der Waals surface area contributed by atoms with Crippen LogP contribution in [0.3, 0.4) is 0 Å². The van der Waals surface area contributed by atoms with Crippen LogP contribution in [0, 0.1) is 0 Å². The van der Waals surface area contributed by atoms with Crippen molar-refractivity contribution in [1.29, 1.82) is 0 Å². The summed E-state index contributed by atoms with van der Waals surface area (Å²) in [7, 11) is -4.61. The summed E-state index contributed by atoms with van der Waals surface area (Å²) >= 11 is 0. The van der Waals surface area contributed by atoms with Crippen molar-refractivity contribution >= 4 is 27.0 Å². The SMILES string of the molecule is O[Si](O)(O)O.[AsH3].[Zn]. The van der Waals surface area contributed by atoms with Crippen LogP contribution in [-0.4, -0.2) is 46.2 Å². The molecule has 0 aromatic rings. The van der Waals surface area contributed by atoms with E-state index in [4.69, 9.17) is 19.2 Å². The summed E-state index contributed by atoms with van der Waals surface area (Å²) in [5.41, 5.74) is 0. The Morgan fingerprint density at radius 2 is 0.857 bits per heavy atom. The third kappa shape index (κ3) is 129. The molecule has 4 nitrogen and oxygen atoms in total. The molecular weight excluding hydrogens is 232 g/mol. The molecule has 0 aliphatic heterocycles. The Labute approximate surface area is 65.7 Å². The van der Waals surface area contributed by atoms with Gasteiger partial charge >= 0.3 is 27.0 Å². The normalized spacial score (nSPS) is 8.57. The molecule has 0 aliphatic carbocycles. The third-order valence-electron chi connectivity index (χ3n) is 0. The van der Waals surface area contributed by atoms with Gasteiger partial charge in [0.1, 0.15) is 0 Å². The molecule has 7 heavy (non-hydrogen) atoms. The van der Waals surface area contributed by atoms with E-state index in [1.165, 1.54) is 0 Å². The third-order valence-corrected chi connectivity index (χ3v) is 0. The molecule has 0 spiro atoms. The molecule has 0 heterocycles. The van der Waals surface area contributed by atoms with Gasteiger partial charge in [0, 0.05) is 19.5 Å². The maximum absolute atomic E-state index is 7.33. The van der Waals surface area contributed by atoms with Crippen molar-refractivity contribution in [3.05, 3.63) is 0 Å². The van der Waals surface area contributed by atoms with Crippen molar-refractivity contribution in [3.8, 4) is 0 Å². The summed E-state index contributed by atoms with van der Waals surface area (Å²) in [5, 5.41) is 0. The van der Waals surface area contributed by atoms with Crippen molar-refractivity contribution in [2.75, 3.05) is 0 Å². The molecule has 7 heteroatoms. The predicted octanol–water partition coefficient (Wildman–Crippen LogP) is -3.80. The van der Waals surface area contributed by atoms with Crippen LogP contribution in [-0.2, 0) is 19.5 Å². The Balaban J connectivity index is -0.0000000800. The molecule has 42 valence electrons. The first-order valence-corrected chi connectivity index (χ1v) is 2.68. The Morgan fingerprint density at radius 3 is 0.857 bits per heavy atom. The van der Waals surface area contributed by atoms with E-state index in [2.05, 4.69) is 0 Å². The maximum atomic E-state index is 7.33. The van der Waals surface area contributed by atoms with E-state index < -0.39 is 9.05 Å². The van der Waals surface area contributed by atoms with Gasteiger partial charge in [-0.1, -0.05) is 0 Å². The largest absolute Gasteiger partial charge is 0 e. The van der Waals surface area contributed by atoms with Crippen LogP contribution in [0.5, 0.6) is 0 Å². The number of hydrogen-bond donors (Lipinski definition) is 4. The minimum atomic E-state index is -4.61. The first-order chi connectivity index (χ1) is 2.00. The molecular formula is H7AsO4SiZn. The van der Waals surface area contributed by atoms with Crippen LogP contribution in [0.15, 0.2) is 0 Å². The van der Waals surface area contributed by atoms with Crippen molar-refractivity contribution in [3.63, 3.8) is 0 Å². The molecule has 1 atom stereocenters. The van der Waals surface area contributed by atoms with Crippen LogP contribution in [0.25, 0.3) is 0 Å². The van der Waals surface area contributed by atoms with Gasteiger partial charge in [0.15, 0.2) is 0 Å². The predicted molar refractivity (Wildman–Crippen MR) is 24.6 cm³/mol. The standard InChI is InChI=1S/AsH3.H4O4Si.Zn/c;1-5(2,3)4;/h1H3;1-4H;. The molecule has 0 bridgehead atoms. The van der Waals surface area contributed by atoms with Crippen molar-refractivity contribution < 1.29 is 38.7 Å². The summed E-state index contributed by atoms with van der Waals surface area (Å²) in [5.74, 6) is 0. The zero-order valence-corrected chi connectivity index (χ0v) is 10.6. The van der Waals surface area contributed by atoms with E-state index in [-0.39, 0.29) is 37.4 Å². The van der Waals surface area contributed by atoms with E-state index in [1.54, 1.807) is 0 Å². The molecule has 0 fully saturated rings. The second-order valence-corrected chi connectivity index (χ2v) is 1.80. The quantitative estimate of drug-likeness (QED) is 0.327. The molecule has 0 radical (unpaired) electrons. The van der Waals surface area contributed by atoms with Crippen LogP contribution in [0.1, 0.15) is 0 Å². The van der Waals surface area contributed by atoms with Crippen LogP contribution >= 0.6 is 0 Å². The summed E-state index contributed by atoms with van der Waals surface area (Å²) in [4.78, 5) is 29.3. The van der Waals surface area contributed by atoms with Gasteiger partial charge in [0.2, 0.25) is 0 Å². The van der Waals surface area contributed by atoms with Crippen molar-refractivity contribution in [2.45, 2.75) is 0 Å². The smallest absolute Gasteiger partial charge is 0 e. The van der Waals surface area contributed by atoms with Crippen molar-refractivity contribution in [2.24, 2.45) is 0 Å². The van der Waals surface area contributed by atoms with Crippen LogP contribution in [0.2, 0.25) is 0 Å². The average molecular weight is 239 g/mol. The molecule has 0 aliphatic rings. The second-order valence-electron chi connectivity index (χ2n) is 0.600. The van der Waals surface area contributed by atoms with E-state index in [0.29, 0.717) is 0 Å². The Kier molecular flexibility index (Phi) is 12.1. The van der Waals surface area contributed by atoms with Crippen LogP contribution < -0.4 is 0 Å². The molecule has 0 saturated carbocycles. The monoisotopic (exact) mass is 238 g/mol. The first kappa shape index (κ1) is 15.7. The topological polar surface area (TPSA) is 80.9 Å². The van der Waals surface area contributed by atoms with Gasteiger partial charge in [-0.3, -0.25) is 0 Å². The first-order valence-electron chi connectivity index (χ1n) is 0.894. The minimum absolute atomic E-state index is 0. The van der Waals surface area contributed by atoms with E-state index >= 15 is 0 Å².